The van der Waals surface area contributed by atoms with Crippen molar-refractivity contribution in [2.75, 3.05) is 26.3 Å². The third-order valence-corrected chi connectivity index (χ3v) is 3.48. The van der Waals surface area contributed by atoms with E-state index >= 15 is 0 Å². The lowest BCUT2D eigenvalue weighted by Gasteiger charge is -2.27. The standard InChI is InChI=1S/C14H26N2O4/c1-2-20-13(18)8-9-16(10-11-17)14(19)15-12-6-4-3-5-7-12/h12,17H,2-11H2,1H3,(H,15,19). The zero-order valence-electron chi connectivity index (χ0n) is 12.3. The van der Waals surface area contributed by atoms with E-state index in [0.717, 1.165) is 25.7 Å². The lowest BCUT2D eigenvalue weighted by atomic mass is 9.96. The van der Waals surface area contributed by atoms with Crippen LogP contribution >= 0.6 is 0 Å². The van der Waals surface area contributed by atoms with Crippen LogP contribution in [-0.4, -0.2) is 54.4 Å². The van der Waals surface area contributed by atoms with Gasteiger partial charge in [0.15, 0.2) is 0 Å². The number of nitrogens with one attached hydrogen (secondary N) is 1. The van der Waals surface area contributed by atoms with E-state index in [1.807, 2.05) is 0 Å². The van der Waals surface area contributed by atoms with Crippen LogP contribution in [0, 0.1) is 0 Å². The van der Waals surface area contributed by atoms with Gasteiger partial charge in [0.25, 0.3) is 0 Å². The summed E-state index contributed by atoms with van der Waals surface area (Å²) in [6.07, 6.45) is 5.70. The number of urea groups is 1. The van der Waals surface area contributed by atoms with Crippen molar-refractivity contribution in [1.29, 1.82) is 0 Å². The number of carbonyl (C=O) groups excluding carboxylic acids is 2. The van der Waals surface area contributed by atoms with Gasteiger partial charge in [0.1, 0.15) is 0 Å². The first kappa shape index (κ1) is 16.8. The highest BCUT2D eigenvalue weighted by Gasteiger charge is 2.20. The Bertz CT molecular complexity index is 304. The summed E-state index contributed by atoms with van der Waals surface area (Å²) in [5.74, 6) is -0.319. The average molecular weight is 286 g/mol. The molecule has 0 radical (unpaired) electrons. The molecule has 6 nitrogen and oxygen atoms in total. The van der Waals surface area contributed by atoms with Crippen molar-refractivity contribution < 1.29 is 19.4 Å². The summed E-state index contributed by atoms with van der Waals surface area (Å²) < 4.78 is 4.84. The normalized spacial score (nSPS) is 15.7. The quantitative estimate of drug-likeness (QED) is 0.691. The molecule has 0 aromatic rings. The van der Waals surface area contributed by atoms with Crippen LogP contribution in [-0.2, 0) is 9.53 Å². The number of hydrogen-bond donors (Lipinski definition) is 2. The molecule has 0 spiro atoms. The molecular formula is C14H26N2O4. The van der Waals surface area contributed by atoms with Gasteiger partial charge in [-0.25, -0.2) is 4.79 Å². The van der Waals surface area contributed by atoms with Gasteiger partial charge in [-0.05, 0) is 19.8 Å². The van der Waals surface area contributed by atoms with Gasteiger partial charge in [0.2, 0.25) is 0 Å². The van der Waals surface area contributed by atoms with Crippen LogP contribution in [0.25, 0.3) is 0 Å². The van der Waals surface area contributed by atoms with Gasteiger partial charge in [-0.2, -0.15) is 0 Å². The number of esters is 1. The van der Waals surface area contributed by atoms with Crippen LogP contribution in [0.3, 0.4) is 0 Å². The maximum atomic E-state index is 12.1. The van der Waals surface area contributed by atoms with E-state index in [4.69, 9.17) is 9.84 Å². The molecular weight excluding hydrogens is 260 g/mol. The predicted octanol–water partition coefficient (Wildman–Crippen LogP) is 1.28. The van der Waals surface area contributed by atoms with E-state index in [9.17, 15) is 9.59 Å². The first-order chi connectivity index (χ1) is 9.67. The van der Waals surface area contributed by atoms with E-state index < -0.39 is 0 Å². The molecule has 1 saturated carbocycles. The smallest absolute Gasteiger partial charge is 0.317 e. The molecule has 1 fully saturated rings. The van der Waals surface area contributed by atoms with Gasteiger partial charge >= 0.3 is 12.0 Å². The highest BCUT2D eigenvalue weighted by molar-refractivity contribution is 5.76. The Morgan fingerprint density at radius 1 is 1.25 bits per heavy atom. The third-order valence-electron chi connectivity index (χ3n) is 3.48. The molecule has 0 atom stereocenters. The zero-order chi connectivity index (χ0) is 14.8. The number of nitrogens with zero attached hydrogens (tertiary/aromatic N) is 1. The number of ether oxygens (including phenoxy) is 1. The molecule has 116 valence electrons. The Hall–Kier alpha value is -1.30. The van der Waals surface area contributed by atoms with Crippen LogP contribution in [0.5, 0.6) is 0 Å². The summed E-state index contributed by atoms with van der Waals surface area (Å²) in [5, 5.41) is 12.0. The maximum absolute atomic E-state index is 12.1. The number of hydrogen-bond acceptors (Lipinski definition) is 4. The zero-order valence-corrected chi connectivity index (χ0v) is 12.3. The Labute approximate surface area is 120 Å². The molecule has 0 aromatic carbocycles. The van der Waals surface area contributed by atoms with Crippen molar-refractivity contribution in [2.45, 2.75) is 51.5 Å². The van der Waals surface area contributed by atoms with Crippen molar-refractivity contribution >= 4 is 12.0 Å². The van der Waals surface area contributed by atoms with Crippen LogP contribution < -0.4 is 5.32 Å². The third kappa shape index (κ3) is 6.23. The van der Waals surface area contributed by atoms with Gasteiger partial charge in [-0.15, -0.1) is 0 Å². The fraction of sp³-hybridized carbons (Fsp3) is 0.857. The lowest BCUT2D eigenvalue weighted by Crippen LogP contribution is -2.47. The van der Waals surface area contributed by atoms with E-state index in [-0.39, 0.29) is 44.2 Å². The molecule has 1 aliphatic carbocycles. The molecule has 0 unspecified atom stereocenters. The monoisotopic (exact) mass is 286 g/mol. The van der Waals surface area contributed by atoms with Gasteiger partial charge < -0.3 is 20.1 Å². The molecule has 0 aromatic heterocycles. The van der Waals surface area contributed by atoms with Crippen LogP contribution in [0.4, 0.5) is 4.79 Å². The minimum atomic E-state index is -0.319. The second kappa shape index (κ2) is 9.58. The SMILES string of the molecule is CCOC(=O)CCN(CCO)C(=O)NC1CCCCC1. The van der Waals surface area contributed by atoms with Crippen LogP contribution in [0.2, 0.25) is 0 Å². The first-order valence-electron chi connectivity index (χ1n) is 7.49. The van der Waals surface area contributed by atoms with Crippen LogP contribution in [0.1, 0.15) is 45.4 Å². The molecule has 6 heteroatoms. The second-order valence-electron chi connectivity index (χ2n) is 5.05. The molecule has 2 amide bonds. The molecule has 0 saturated heterocycles. The molecule has 2 N–H and O–H groups in total. The highest BCUT2D eigenvalue weighted by atomic mass is 16.5. The van der Waals surface area contributed by atoms with Crippen molar-refractivity contribution in [2.24, 2.45) is 0 Å². The van der Waals surface area contributed by atoms with Crippen molar-refractivity contribution in [3.05, 3.63) is 0 Å². The fourth-order valence-corrected chi connectivity index (χ4v) is 2.41. The number of aliphatic hydroxyl groups excluding tert-OH is 1. The molecule has 1 rings (SSSR count). The minimum absolute atomic E-state index is 0.110. The van der Waals surface area contributed by atoms with E-state index in [1.54, 1.807) is 6.92 Å². The number of amides is 2. The van der Waals surface area contributed by atoms with Crippen molar-refractivity contribution in [1.82, 2.24) is 10.2 Å². The highest BCUT2D eigenvalue weighted by Crippen LogP contribution is 2.17. The predicted molar refractivity (Wildman–Crippen MR) is 75.3 cm³/mol. The van der Waals surface area contributed by atoms with Crippen LogP contribution in [0.15, 0.2) is 0 Å². The first-order valence-corrected chi connectivity index (χ1v) is 7.49. The Kier molecular flexibility index (Phi) is 8.02. The van der Waals surface area contributed by atoms with Gasteiger partial charge in [-0.3, -0.25) is 4.79 Å². The summed E-state index contributed by atoms with van der Waals surface area (Å²) in [6.45, 7) is 2.49. The Morgan fingerprint density at radius 2 is 1.95 bits per heavy atom. The number of aliphatic hydroxyl groups is 1. The molecule has 0 bridgehead atoms. The summed E-state index contributed by atoms with van der Waals surface area (Å²) in [5.41, 5.74) is 0. The van der Waals surface area contributed by atoms with Crippen molar-refractivity contribution in [3.63, 3.8) is 0 Å². The van der Waals surface area contributed by atoms with E-state index in [0.29, 0.717) is 6.61 Å². The number of rotatable bonds is 7. The lowest BCUT2D eigenvalue weighted by molar-refractivity contribution is -0.143. The summed E-state index contributed by atoms with van der Waals surface area (Å²) >= 11 is 0. The summed E-state index contributed by atoms with van der Waals surface area (Å²) in [6, 6.07) is 0.0234. The molecule has 20 heavy (non-hydrogen) atoms. The van der Waals surface area contributed by atoms with Crippen molar-refractivity contribution in [3.8, 4) is 0 Å². The van der Waals surface area contributed by atoms with Gasteiger partial charge in [-0.1, -0.05) is 19.3 Å². The molecule has 1 aliphatic rings. The fourth-order valence-electron chi connectivity index (χ4n) is 2.41. The minimum Gasteiger partial charge on any atom is -0.466 e. The van der Waals surface area contributed by atoms with Gasteiger partial charge in [0.05, 0.1) is 19.6 Å². The topological polar surface area (TPSA) is 78.9 Å². The Morgan fingerprint density at radius 3 is 2.55 bits per heavy atom. The summed E-state index contributed by atoms with van der Waals surface area (Å²) in [4.78, 5) is 24.9. The van der Waals surface area contributed by atoms with Gasteiger partial charge in [0, 0.05) is 19.1 Å². The average Bonchev–Trinajstić information content (AvgIpc) is 2.44. The Balaban J connectivity index is 2.38. The molecule has 0 heterocycles. The van der Waals surface area contributed by atoms with E-state index in [1.165, 1.54) is 11.3 Å². The second-order valence-corrected chi connectivity index (χ2v) is 5.05. The van der Waals surface area contributed by atoms with E-state index in [2.05, 4.69) is 5.32 Å². The largest absolute Gasteiger partial charge is 0.466 e. The summed E-state index contributed by atoms with van der Waals surface area (Å²) in [7, 11) is 0. The maximum Gasteiger partial charge on any atom is 0.317 e. The number of carbonyl (C=O) groups is 2. The molecule has 0 aliphatic heterocycles.